The molecule has 3 rings (SSSR count). The molecule has 0 aliphatic carbocycles. The molecule has 1 saturated heterocycles. The number of nitro benzene ring substituents is 1. The van der Waals surface area contributed by atoms with Crippen molar-refractivity contribution in [2.75, 3.05) is 25.0 Å². The van der Waals surface area contributed by atoms with Crippen LogP contribution in [0.2, 0.25) is 0 Å². The van der Waals surface area contributed by atoms with Crippen LogP contribution in [0.1, 0.15) is 26.0 Å². The zero-order chi connectivity index (χ0) is 20.1. The van der Waals surface area contributed by atoms with Crippen molar-refractivity contribution in [1.82, 2.24) is 9.88 Å². The number of ether oxygens (including phenoxy) is 1. The fourth-order valence-corrected chi connectivity index (χ4v) is 4.27. The third kappa shape index (κ3) is 5.74. The van der Waals surface area contributed by atoms with Crippen LogP contribution < -0.4 is 10.1 Å². The Morgan fingerprint density at radius 3 is 2.64 bits per heavy atom. The molecular formula is C19H24N4O4S. The van der Waals surface area contributed by atoms with E-state index in [1.165, 1.54) is 42.0 Å². The number of non-ortho nitro benzene ring substituents is 1. The second-order valence-electron chi connectivity index (χ2n) is 7.37. The summed E-state index contributed by atoms with van der Waals surface area (Å²) in [5.74, 6) is 1.46. The number of carbonyl (C=O) groups is 1. The Bertz CT molecular complexity index is 814. The van der Waals surface area contributed by atoms with Crippen molar-refractivity contribution >= 4 is 28.1 Å². The first-order chi connectivity index (χ1) is 13.4. The number of nitrogens with zero attached hydrogens (tertiary/aromatic N) is 3. The van der Waals surface area contributed by atoms with Gasteiger partial charge in [-0.25, -0.2) is 4.98 Å². The van der Waals surface area contributed by atoms with Crippen molar-refractivity contribution in [2.24, 2.45) is 11.8 Å². The quantitative estimate of drug-likeness (QED) is 0.560. The number of piperidine rings is 1. The normalized spacial score (nSPS) is 19.9. The predicted molar refractivity (Wildman–Crippen MR) is 108 cm³/mol. The number of hydrogen-bond acceptors (Lipinski definition) is 7. The van der Waals surface area contributed by atoms with Crippen molar-refractivity contribution in [3.8, 4) is 5.75 Å². The number of hydrogen-bond donors (Lipinski definition) is 1. The number of rotatable bonds is 7. The fourth-order valence-electron chi connectivity index (χ4n) is 3.56. The summed E-state index contributed by atoms with van der Waals surface area (Å²) in [4.78, 5) is 29.1. The second-order valence-corrected chi connectivity index (χ2v) is 8.23. The molecule has 0 bridgehead atoms. The zero-order valence-electron chi connectivity index (χ0n) is 16.0. The first-order valence-corrected chi connectivity index (χ1v) is 10.1. The summed E-state index contributed by atoms with van der Waals surface area (Å²) in [6, 6.07) is 5.60. The van der Waals surface area contributed by atoms with Crippen molar-refractivity contribution < 1.29 is 14.5 Å². The molecule has 2 aromatic rings. The summed E-state index contributed by atoms with van der Waals surface area (Å²) in [5, 5.41) is 15.9. The van der Waals surface area contributed by atoms with Crippen LogP contribution in [0, 0.1) is 22.0 Å². The molecule has 0 spiro atoms. The lowest BCUT2D eigenvalue weighted by Crippen LogP contribution is -2.38. The van der Waals surface area contributed by atoms with E-state index < -0.39 is 4.92 Å². The fraction of sp³-hybridized carbons (Fsp3) is 0.474. The molecule has 9 heteroatoms. The summed E-state index contributed by atoms with van der Waals surface area (Å²) in [6.07, 6.45) is 1.27. The molecule has 1 amide bonds. The number of nitro groups is 1. The van der Waals surface area contributed by atoms with Gasteiger partial charge in [0.1, 0.15) is 5.75 Å². The smallest absolute Gasteiger partial charge is 0.269 e. The van der Waals surface area contributed by atoms with E-state index >= 15 is 0 Å². The number of thiazole rings is 1. The Balaban J connectivity index is 1.46. The third-order valence-electron chi connectivity index (χ3n) is 4.55. The van der Waals surface area contributed by atoms with Crippen LogP contribution in [-0.4, -0.2) is 40.4 Å². The zero-order valence-corrected chi connectivity index (χ0v) is 16.8. The molecule has 0 radical (unpaired) electrons. The number of anilines is 1. The molecule has 1 fully saturated rings. The SMILES string of the molecule is C[C@@H]1C[C@@H](C)CN(Cc2csc(NC(=O)COc3ccc([N+](=O)[O-])cc3)n2)C1. The first kappa shape index (κ1) is 20.2. The molecule has 2 atom stereocenters. The van der Waals surface area contributed by atoms with E-state index in [1.807, 2.05) is 5.38 Å². The minimum absolute atomic E-state index is 0.0235. The van der Waals surface area contributed by atoms with Crippen LogP contribution in [0.4, 0.5) is 10.8 Å². The lowest BCUT2D eigenvalue weighted by molar-refractivity contribution is -0.384. The van der Waals surface area contributed by atoms with Crippen molar-refractivity contribution in [2.45, 2.75) is 26.8 Å². The highest BCUT2D eigenvalue weighted by Crippen LogP contribution is 2.24. The van der Waals surface area contributed by atoms with Gasteiger partial charge in [-0.3, -0.25) is 25.1 Å². The lowest BCUT2D eigenvalue weighted by Gasteiger charge is -2.34. The van der Waals surface area contributed by atoms with Crippen LogP contribution in [-0.2, 0) is 11.3 Å². The standard InChI is InChI=1S/C19H24N4O4S/c1-13-7-14(2)9-22(8-13)10-15-12-28-19(20-15)21-18(24)11-27-17-5-3-16(4-6-17)23(25)26/h3-6,12-14H,7-11H2,1-2H3,(H,20,21,24)/t13-,14-/m1/s1. The van der Waals surface area contributed by atoms with E-state index in [9.17, 15) is 14.9 Å². The maximum atomic E-state index is 12.1. The Labute approximate surface area is 167 Å². The number of likely N-dealkylation sites (tertiary alicyclic amines) is 1. The molecule has 150 valence electrons. The van der Waals surface area contributed by atoms with Crippen LogP contribution in [0.15, 0.2) is 29.6 Å². The topological polar surface area (TPSA) is 97.6 Å². The summed E-state index contributed by atoms with van der Waals surface area (Å²) >= 11 is 1.39. The van der Waals surface area contributed by atoms with Gasteiger partial charge in [0.25, 0.3) is 11.6 Å². The average Bonchev–Trinajstić information content (AvgIpc) is 3.06. The summed E-state index contributed by atoms with van der Waals surface area (Å²) in [7, 11) is 0. The summed E-state index contributed by atoms with van der Waals surface area (Å²) in [5.41, 5.74) is 0.933. The van der Waals surface area contributed by atoms with Crippen LogP contribution >= 0.6 is 11.3 Å². The third-order valence-corrected chi connectivity index (χ3v) is 5.35. The summed E-state index contributed by atoms with van der Waals surface area (Å²) < 4.78 is 5.36. The minimum atomic E-state index is -0.484. The molecule has 1 aliphatic heterocycles. The number of aromatic nitrogens is 1. The highest BCUT2D eigenvalue weighted by molar-refractivity contribution is 7.13. The minimum Gasteiger partial charge on any atom is -0.484 e. The monoisotopic (exact) mass is 404 g/mol. The molecule has 1 aromatic carbocycles. The Kier molecular flexibility index (Phi) is 6.58. The Hall–Kier alpha value is -2.52. The summed E-state index contributed by atoms with van der Waals surface area (Å²) in [6.45, 7) is 7.31. The van der Waals surface area contributed by atoms with E-state index in [0.29, 0.717) is 22.7 Å². The second kappa shape index (κ2) is 9.11. The van der Waals surface area contributed by atoms with E-state index in [4.69, 9.17) is 4.74 Å². The van der Waals surface area contributed by atoms with Gasteiger partial charge in [0.2, 0.25) is 0 Å². The molecule has 1 aromatic heterocycles. The van der Waals surface area contributed by atoms with Gasteiger partial charge in [-0.05, 0) is 30.4 Å². The molecule has 1 N–H and O–H groups in total. The van der Waals surface area contributed by atoms with E-state index in [2.05, 4.69) is 29.0 Å². The van der Waals surface area contributed by atoms with E-state index in [0.717, 1.165) is 25.3 Å². The van der Waals surface area contributed by atoms with Gasteiger partial charge < -0.3 is 4.74 Å². The van der Waals surface area contributed by atoms with Crippen molar-refractivity contribution in [3.05, 3.63) is 45.5 Å². The first-order valence-electron chi connectivity index (χ1n) is 9.23. The van der Waals surface area contributed by atoms with Gasteiger partial charge in [0.15, 0.2) is 11.7 Å². The van der Waals surface area contributed by atoms with Crippen LogP contribution in [0.25, 0.3) is 0 Å². The molecule has 1 aliphatic rings. The Morgan fingerprint density at radius 1 is 1.32 bits per heavy atom. The molecular weight excluding hydrogens is 380 g/mol. The van der Waals surface area contributed by atoms with Crippen LogP contribution in [0.5, 0.6) is 5.75 Å². The predicted octanol–water partition coefficient (Wildman–Crippen LogP) is 3.55. The van der Waals surface area contributed by atoms with Gasteiger partial charge in [0.05, 0.1) is 10.6 Å². The molecule has 0 saturated carbocycles. The molecule has 28 heavy (non-hydrogen) atoms. The largest absolute Gasteiger partial charge is 0.484 e. The highest BCUT2D eigenvalue weighted by Gasteiger charge is 2.22. The van der Waals surface area contributed by atoms with Gasteiger partial charge >= 0.3 is 0 Å². The molecule has 8 nitrogen and oxygen atoms in total. The molecule has 2 heterocycles. The lowest BCUT2D eigenvalue weighted by atomic mass is 9.92. The van der Waals surface area contributed by atoms with Crippen LogP contribution in [0.3, 0.4) is 0 Å². The maximum Gasteiger partial charge on any atom is 0.269 e. The number of amides is 1. The Morgan fingerprint density at radius 2 is 2.00 bits per heavy atom. The average molecular weight is 404 g/mol. The highest BCUT2D eigenvalue weighted by atomic mass is 32.1. The van der Waals surface area contributed by atoms with Gasteiger partial charge in [0, 0.05) is 37.1 Å². The van der Waals surface area contributed by atoms with E-state index in [-0.39, 0.29) is 18.2 Å². The van der Waals surface area contributed by atoms with Crippen molar-refractivity contribution in [3.63, 3.8) is 0 Å². The number of carbonyl (C=O) groups excluding carboxylic acids is 1. The van der Waals surface area contributed by atoms with Gasteiger partial charge in [-0.1, -0.05) is 13.8 Å². The van der Waals surface area contributed by atoms with E-state index in [1.54, 1.807) is 0 Å². The molecule has 0 unspecified atom stereocenters. The number of nitrogens with one attached hydrogen (secondary N) is 1. The van der Waals surface area contributed by atoms with Crippen molar-refractivity contribution in [1.29, 1.82) is 0 Å². The van der Waals surface area contributed by atoms with Gasteiger partial charge in [-0.15, -0.1) is 11.3 Å². The number of benzene rings is 1. The maximum absolute atomic E-state index is 12.1. The van der Waals surface area contributed by atoms with Gasteiger partial charge in [-0.2, -0.15) is 0 Å².